The summed E-state index contributed by atoms with van der Waals surface area (Å²) in [7, 11) is -4.06. The van der Waals surface area contributed by atoms with Crippen molar-refractivity contribution < 1.29 is 13.2 Å². The molecule has 0 aliphatic heterocycles. The highest BCUT2D eigenvalue weighted by molar-refractivity contribution is 7.92. The molecule has 0 unspecified atom stereocenters. The summed E-state index contributed by atoms with van der Waals surface area (Å²) in [6.45, 7) is -0.435. The second-order valence-corrected chi connectivity index (χ2v) is 13.9. The van der Waals surface area contributed by atoms with Gasteiger partial charge in [-0.1, -0.05) is 53.5 Å². The number of amides is 1. The van der Waals surface area contributed by atoms with E-state index in [4.69, 9.17) is 23.2 Å². The fraction of sp³-hybridized carbons (Fsp3) is 0.367. The third-order valence-electron chi connectivity index (χ3n) is 8.62. The minimum Gasteiger partial charge on any atom is -0.325 e. The fourth-order valence-corrected chi connectivity index (χ4v) is 9.43. The number of anilines is 2. The summed E-state index contributed by atoms with van der Waals surface area (Å²) in [6, 6.07) is 20.7. The molecule has 38 heavy (non-hydrogen) atoms. The maximum Gasteiger partial charge on any atom is 0.264 e. The number of hydrogen-bond acceptors (Lipinski definition) is 3. The largest absolute Gasteiger partial charge is 0.325 e. The lowest BCUT2D eigenvalue weighted by atomic mass is 9.48. The number of benzene rings is 3. The Bertz CT molecular complexity index is 1420. The first kappa shape index (κ1) is 25.7. The molecule has 4 fully saturated rings. The number of carbonyl (C=O) groups is 1. The molecule has 0 atom stereocenters. The van der Waals surface area contributed by atoms with Gasteiger partial charge < -0.3 is 5.32 Å². The molecule has 3 aromatic carbocycles. The van der Waals surface area contributed by atoms with E-state index >= 15 is 0 Å². The summed E-state index contributed by atoms with van der Waals surface area (Å²) < 4.78 is 28.2. The number of hydrogen-bond donors (Lipinski definition) is 1. The van der Waals surface area contributed by atoms with Crippen molar-refractivity contribution in [3.63, 3.8) is 0 Å². The van der Waals surface area contributed by atoms with Crippen molar-refractivity contribution >= 4 is 50.5 Å². The quantitative estimate of drug-likeness (QED) is 0.325. The van der Waals surface area contributed by atoms with Crippen LogP contribution in [-0.4, -0.2) is 20.9 Å². The second-order valence-electron chi connectivity index (χ2n) is 11.2. The highest BCUT2D eigenvalue weighted by atomic mass is 35.5. The Morgan fingerprint density at radius 1 is 0.868 bits per heavy atom. The molecule has 4 aliphatic carbocycles. The number of rotatable bonds is 7. The predicted molar refractivity (Wildman–Crippen MR) is 152 cm³/mol. The van der Waals surface area contributed by atoms with Crippen LogP contribution in [0.25, 0.3) is 0 Å². The van der Waals surface area contributed by atoms with Gasteiger partial charge in [-0.3, -0.25) is 9.10 Å². The summed E-state index contributed by atoms with van der Waals surface area (Å²) in [5, 5.41) is 3.40. The van der Waals surface area contributed by atoms with Gasteiger partial charge >= 0.3 is 0 Å². The third kappa shape index (κ3) is 4.83. The lowest BCUT2D eigenvalue weighted by molar-refractivity contribution is -0.114. The van der Waals surface area contributed by atoms with Gasteiger partial charge in [-0.05, 0) is 110 Å². The normalized spacial score (nSPS) is 25.8. The van der Waals surface area contributed by atoms with Crippen LogP contribution < -0.4 is 9.62 Å². The van der Waals surface area contributed by atoms with Crippen molar-refractivity contribution in [2.45, 2.75) is 48.8 Å². The van der Waals surface area contributed by atoms with Crippen molar-refractivity contribution in [1.29, 1.82) is 0 Å². The van der Waals surface area contributed by atoms with E-state index in [0.29, 0.717) is 10.7 Å². The lowest BCUT2D eigenvalue weighted by Gasteiger charge is -2.57. The fourth-order valence-electron chi connectivity index (χ4n) is 7.41. The average Bonchev–Trinajstić information content (AvgIpc) is 2.88. The van der Waals surface area contributed by atoms with E-state index in [1.165, 1.54) is 68.4 Å². The van der Waals surface area contributed by atoms with Gasteiger partial charge in [0.25, 0.3) is 10.0 Å². The number of nitrogens with one attached hydrogen (secondary N) is 1. The summed E-state index contributed by atoms with van der Waals surface area (Å²) in [5.74, 6) is 2.12. The minimum atomic E-state index is -4.06. The van der Waals surface area contributed by atoms with Crippen LogP contribution in [0.1, 0.15) is 44.1 Å². The number of carbonyl (C=O) groups excluding carboxylic acids is 1. The monoisotopic (exact) mass is 568 g/mol. The van der Waals surface area contributed by atoms with Crippen molar-refractivity contribution in [3.05, 3.63) is 88.4 Å². The Balaban J connectivity index is 1.22. The van der Waals surface area contributed by atoms with Gasteiger partial charge in [0.05, 0.1) is 15.6 Å². The highest BCUT2D eigenvalue weighted by Gasteiger charge is 2.51. The highest BCUT2D eigenvalue weighted by Crippen LogP contribution is 2.60. The van der Waals surface area contributed by atoms with Crippen LogP contribution >= 0.6 is 23.2 Å². The third-order valence-corrected chi connectivity index (χ3v) is 10.9. The molecule has 7 rings (SSSR count). The first-order valence-corrected chi connectivity index (χ1v) is 15.3. The molecular formula is C30H30Cl2N2O3S. The molecule has 3 aromatic rings. The van der Waals surface area contributed by atoms with Crippen LogP contribution in [0.4, 0.5) is 11.4 Å². The van der Waals surface area contributed by atoms with E-state index in [2.05, 4.69) is 17.4 Å². The number of halogens is 2. The van der Waals surface area contributed by atoms with Crippen molar-refractivity contribution in [2.75, 3.05) is 16.2 Å². The molecule has 0 radical (unpaired) electrons. The molecule has 5 nitrogen and oxygen atoms in total. The number of nitrogens with zero attached hydrogens (tertiary/aromatic N) is 1. The topological polar surface area (TPSA) is 66.5 Å². The summed E-state index contributed by atoms with van der Waals surface area (Å²) in [6.07, 6.45) is 8.02. The van der Waals surface area contributed by atoms with Crippen LogP contribution in [0.2, 0.25) is 10.0 Å². The zero-order chi connectivity index (χ0) is 26.5. The summed E-state index contributed by atoms with van der Waals surface area (Å²) in [4.78, 5) is 13.2. The molecule has 0 aromatic heterocycles. The molecular weight excluding hydrogens is 539 g/mol. The first-order valence-electron chi connectivity index (χ1n) is 13.2. The van der Waals surface area contributed by atoms with Gasteiger partial charge in [0.1, 0.15) is 6.54 Å². The zero-order valence-electron chi connectivity index (χ0n) is 20.9. The van der Waals surface area contributed by atoms with Crippen LogP contribution in [0.15, 0.2) is 77.7 Å². The van der Waals surface area contributed by atoms with E-state index in [9.17, 15) is 13.2 Å². The van der Waals surface area contributed by atoms with Crippen LogP contribution in [0.5, 0.6) is 0 Å². The Morgan fingerprint density at radius 2 is 1.47 bits per heavy atom. The van der Waals surface area contributed by atoms with E-state index in [1.807, 2.05) is 12.1 Å². The van der Waals surface area contributed by atoms with Gasteiger partial charge in [-0.25, -0.2) is 8.42 Å². The molecule has 1 N–H and O–H groups in total. The van der Waals surface area contributed by atoms with Crippen LogP contribution in [0.3, 0.4) is 0 Å². The Hall–Kier alpha value is -2.54. The molecule has 0 heterocycles. The van der Waals surface area contributed by atoms with Crippen LogP contribution in [0, 0.1) is 17.8 Å². The van der Waals surface area contributed by atoms with Gasteiger partial charge in [0.15, 0.2) is 0 Å². The second kappa shape index (κ2) is 9.89. The predicted octanol–water partition coefficient (Wildman–Crippen LogP) is 7.30. The summed E-state index contributed by atoms with van der Waals surface area (Å²) in [5.41, 5.74) is 2.48. The summed E-state index contributed by atoms with van der Waals surface area (Å²) >= 11 is 12.4. The molecule has 1 amide bonds. The van der Waals surface area contributed by atoms with Crippen molar-refractivity contribution in [3.8, 4) is 0 Å². The van der Waals surface area contributed by atoms with Gasteiger partial charge in [-0.15, -0.1) is 0 Å². The first-order chi connectivity index (χ1) is 18.2. The standard InChI is InChI=1S/C30H30Cl2N2O3S/c31-24-8-11-28(27(32)15-24)34(38(36,37)26-4-2-1-3-5-26)19-29(35)33-25-9-6-23(7-10-25)30-16-20-12-21(17-30)14-22(13-20)18-30/h1-11,15,20-22H,12-14,16-19H2,(H,33,35). The maximum absolute atomic E-state index is 13.6. The van der Waals surface area contributed by atoms with E-state index < -0.39 is 22.5 Å². The SMILES string of the molecule is O=C(CN(c1ccc(Cl)cc1Cl)S(=O)(=O)c1ccccc1)Nc1ccc(C23CC4CC(CC(C4)C2)C3)cc1. The molecule has 8 heteroatoms. The van der Waals surface area contributed by atoms with E-state index in [-0.39, 0.29) is 21.0 Å². The zero-order valence-corrected chi connectivity index (χ0v) is 23.3. The lowest BCUT2D eigenvalue weighted by Crippen LogP contribution is -2.48. The average molecular weight is 570 g/mol. The molecule has 0 saturated heterocycles. The van der Waals surface area contributed by atoms with E-state index in [1.54, 1.807) is 24.3 Å². The van der Waals surface area contributed by atoms with Crippen molar-refractivity contribution in [2.24, 2.45) is 17.8 Å². The Kier molecular flexibility index (Phi) is 6.69. The molecule has 4 aliphatic rings. The number of sulfonamides is 1. The minimum absolute atomic E-state index is 0.0683. The molecule has 4 bridgehead atoms. The van der Waals surface area contributed by atoms with Crippen molar-refractivity contribution in [1.82, 2.24) is 0 Å². The van der Waals surface area contributed by atoms with E-state index in [0.717, 1.165) is 22.1 Å². The molecule has 4 saturated carbocycles. The van der Waals surface area contributed by atoms with Gasteiger partial charge in [0, 0.05) is 10.7 Å². The van der Waals surface area contributed by atoms with Crippen LogP contribution in [-0.2, 0) is 20.2 Å². The smallest absolute Gasteiger partial charge is 0.264 e. The maximum atomic E-state index is 13.6. The Labute approximate surface area is 234 Å². The Morgan fingerprint density at radius 3 is 2.05 bits per heavy atom. The van der Waals surface area contributed by atoms with Gasteiger partial charge in [-0.2, -0.15) is 0 Å². The molecule has 198 valence electrons. The van der Waals surface area contributed by atoms with Gasteiger partial charge in [0.2, 0.25) is 5.91 Å². The molecule has 0 spiro atoms.